The number of hydrogen-bond acceptors (Lipinski definition) is 6. The van der Waals surface area contributed by atoms with Gasteiger partial charge in [0.25, 0.3) is 5.56 Å². The molecule has 0 saturated carbocycles. The van der Waals surface area contributed by atoms with Crippen molar-refractivity contribution in [3.8, 4) is 5.75 Å². The Bertz CT molecular complexity index is 901. The van der Waals surface area contributed by atoms with E-state index in [1.54, 1.807) is 4.90 Å². The maximum atomic E-state index is 12.2. The maximum Gasteiger partial charge on any atom is 0.410 e. The molecule has 2 aromatic rings. The summed E-state index contributed by atoms with van der Waals surface area (Å²) in [5.74, 6) is -1.12. The second kappa shape index (κ2) is 8.60. The fourth-order valence-corrected chi connectivity index (χ4v) is 3.23. The van der Waals surface area contributed by atoms with Crippen LogP contribution in [0, 0.1) is 0 Å². The fraction of sp³-hybridized carbons (Fsp3) is 0.350. The van der Waals surface area contributed by atoms with Gasteiger partial charge in [-0.3, -0.25) is 4.79 Å². The fourth-order valence-electron chi connectivity index (χ4n) is 3.23. The van der Waals surface area contributed by atoms with E-state index in [-0.39, 0.29) is 18.2 Å². The zero-order chi connectivity index (χ0) is 20.1. The number of esters is 1. The number of benzene rings is 1. The van der Waals surface area contributed by atoms with Gasteiger partial charge < -0.3 is 24.0 Å². The molecule has 1 saturated heterocycles. The average molecular weight is 386 g/mol. The summed E-state index contributed by atoms with van der Waals surface area (Å²) in [4.78, 5) is 37.8. The van der Waals surface area contributed by atoms with E-state index in [1.807, 2.05) is 30.3 Å². The Hall–Kier alpha value is -3.29. The standard InChI is InChI=1S/C20H22N2O6/c1-27-19(25)16-12-22(18(24)11-17(16)23)15-7-9-21(10-8-15)20(26)28-13-14-5-3-2-4-6-14/h2-6,11-12,15,23H,7-10,13H2,1H3. The number of pyridine rings is 1. The minimum absolute atomic E-state index is 0.0631. The molecule has 1 N–H and O–H groups in total. The normalized spacial score (nSPS) is 14.5. The highest BCUT2D eigenvalue weighted by molar-refractivity contribution is 5.91. The highest BCUT2D eigenvalue weighted by Crippen LogP contribution is 2.24. The first-order chi connectivity index (χ1) is 13.5. The van der Waals surface area contributed by atoms with Crippen molar-refractivity contribution in [1.82, 2.24) is 9.47 Å². The lowest BCUT2D eigenvalue weighted by molar-refractivity contribution is 0.0595. The van der Waals surface area contributed by atoms with E-state index < -0.39 is 23.4 Å². The summed E-state index contributed by atoms with van der Waals surface area (Å²) >= 11 is 0. The Morgan fingerprint density at radius 3 is 2.50 bits per heavy atom. The third kappa shape index (κ3) is 4.33. The van der Waals surface area contributed by atoms with Crippen LogP contribution in [0.2, 0.25) is 0 Å². The van der Waals surface area contributed by atoms with Crippen LogP contribution >= 0.6 is 0 Å². The molecule has 0 radical (unpaired) electrons. The Kier molecular flexibility index (Phi) is 5.98. The largest absolute Gasteiger partial charge is 0.507 e. The molecular formula is C20H22N2O6. The molecule has 28 heavy (non-hydrogen) atoms. The minimum atomic E-state index is -0.715. The van der Waals surface area contributed by atoms with Crippen LogP contribution in [0.3, 0.4) is 0 Å². The Labute approximate surface area is 161 Å². The molecule has 1 fully saturated rings. The first-order valence-corrected chi connectivity index (χ1v) is 8.98. The topological polar surface area (TPSA) is 98.1 Å². The summed E-state index contributed by atoms with van der Waals surface area (Å²) in [7, 11) is 1.21. The predicted molar refractivity (Wildman–Crippen MR) is 100 cm³/mol. The average Bonchev–Trinajstić information content (AvgIpc) is 2.72. The van der Waals surface area contributed by atoms with Gasteiger partial charge >= 0.3 is 12.1 Å². The highest BCUT2D eigenvalue weighted by atomic mass is 16.6. The van der Waals surface area contributed by atoms with Gasteiger partial charge in [-0.2, -0.15) is 0 Å². The number of rotatable bonds is 4. The van der Waals surface area contributed by atoms with Gasteiger partial charge in [0, 0.05) is 31.4 Å². The van der Waals surface area contributed by atoms with E-state index in [1.165, 1.54) is 17.9 Å². The van der Waals surface area contributed by atoms with Crippen LogP contribution in [-0.2, 0) is 16.1 Å². The van der Waals surface area contributed by atoms with Crippen molar-refractivity contribution < 1.29 is 24.2 Å². The van der Waals surface area contributed by atoms with Crippen molar-refractivity contribution in [2.45, 2.75) is 25.5 Å². The van der Waals surface area contributed by atoms with Gasteiger partial charge in [0.15, 0.2) is 0 Å². The van der Waals surface area contributed by atoms with Gasteiger partial charge in [-0.05, 0) is 18.4 Å². The molecule has 1 aromatic carbocycles. The van der Waals surface area contributed by atoms with Crippen LogP contribution in [0.25, 0.3) is 0 Å². The van der Waals surface area contributed by atoms with E-state index in [2.05, 4.69) is 4.74 Å². The molecule has 8 nitrogen and oxygen atoms in total. The number of likely N-dealkylation sites (tertiary alicyclic amines) is 1. The predicted octanol–water partition coefficient (Wildman–Crippen LogP) is 2.31. The number of ether oxygens (including phenoxy) is 2. The third-order valence-electron chi connectivity index (χ3n) is 4.79. The summed E-state index contributed by atoms with van der Waals surface area (Å²) in [6.45, 7) is 1.07. The molecule has 0 aliphatic carbocycles. The molecule has 8 heteroatoms. The van der Waals surface area contributed by atoms with E-state index in [0.717, 1.165) is 11.6 Å². The lowest BCUT2D eigenvalue weighted by Crippen LogP contribution is -2.41. The van der Waals surface area contributed by atoms with Crippen LogP contribution in [0.1, 0.15) is 34.8 Å². The smallest absolute Gasteiger partial charge is 0.410 e. The van der Waals surface area contributed by atoms with Gasteiger partial charge in [0.05, 0.1) is 7.11 Å². The van der Waals surface area contributed by atoms with E-state index in [9.17, 15) is 19.5 Å². The molecule has 2 heterocycles. The van der Waals surface area contributed by atoms with Crippen molar-refractivity contribution in [3.05, 3.63) is 64.1 Å². The number of carbonyl (C=O) groups excluding carboxylic acids is 2. The Morgan fingerprint density at radius 2 is 1.86 bits per heavy atom. The molecule has 1 aromatic heterocycles. The second-order valence-electron chi connectivity index (χ2n) is 6.57. The zero-order valence-electron chi connectivity index (χ0n) is 15.5. The molecule has 1 aliphatic heterocycles. The molecule has 1 aliphatic rings. The first kappa shape index (κ1) is 19.5. The van der Waals surface area contributed by atoms with Gasteiger partial charge in [0.1, 0.15) is 17.9 Å². The number of hydrogen-bond donors (Lipinski definition) is 1. The molecule has 1 amide bonds. The number of piperidine rings is 1. The van der Waals surface area contributed by atoms with Gasteiger partial charge in [0.2, 0.25) is 0 Å². The summed E-state index contributed by atoms with van der Waals surface area (Å²) in [5, 5.41) is 9.80. The first-order valence-electron chi connectivity index (χ1n) is 8.98. The van der Waals surface area contributed by atoms with Crippen LogP contribution in [0.15, 0.2) is 47.4 Å². The molecule has 0 atom stereocenters. The number of aromatic hydroxyl groups is 1. The van der Waals surface area contributed by atoms with Crippen LogP contribution in [0.4, 0.5) is 4.79 Å². The maximum absolute atomic E-state index is 12.2. The molecular weight excluding hydrogens is 364 g/mol. The molecule has 0 unspecified atom stereocenters. The van der Waals surface area contributed by atoms with Gasteiger partial charge in [-0.15, -0.1) is 0 Å². The van der Waals surface area contributed by atoms with Gasteiger partial charge in [-0.25, -0.2) is 9.59 Å². The molecule has 3 rings (SSSR count). The number of nitrogens with zero attached hydrogens (tertiary/aromatic N) is 2. The number of carbonyl (C=O) groups is 2. The molecule has 0 spiro atoms. The van der Waals surface area contributed by atoms with Crippen LogP contribution in [-0.4, -0.2) is 46.8 Å². The van der Waals surface area contributed by atoms with Crippen LogP contribution < -0.4 is 5.56 Å². The number of methoxy groups -OCH3 is 1. The minimum Gasteiger partial charge on any atom is -0.507 e. The highest BCUT2D eigenvalue weighted by Gasteiger charge is 2.26. The SMILES string of the molecule is COC(=O)c1cn(C2CCN(C(=O)OCc3ccccc3)CC2)c(=O)cc1O. The lowest BCUT2D eigenvalue weighted by atomic mass is 10.0. The zero-order valence-corrected chi connectivity index (χ0v) is 15.5. The summed E-state index contributed by atoms with van der Waals surface area (Å²) in [6, 6.07) is 10.2. The van der Waals surface area contributed by atoms with Gasteiger partial charge in [-0.1, -0.05) is 30.3 Å². The monoisotopic (exact) mass is 386 g/mol. The van der Waals surface area contributed by atoms with E-state index >= 15 is 0 Å². The molecule has 148 valence electrons. The van der Waals surface area contributed by atoms with E-state index in [0.29, 0.717) is 25.9 Å². The van der Waals surface area contributed by atoms with E-state index in [4.69, 9.17) is 4.74 Å². The molecule has 0 bridgehead atoms. The number of amides is 1. The summed E-state index contributed by atoms with van der Waals surface area (Å²) in [6.07, 6.45) is 1.99. The second-order valence-corrected chi connectivity index (χ2v) is 6.57. The quantitative estimate of drug-likeness (QED) is 0.810. The summed E-state index contributed by atoms with van der Waals surface area (Å²) < 4.78 is 11.4. The van der Waals surface area contributed by atoms with Crippen molar-refractivity contribution >= 4 is 12.1 Å². The van der Waals surface area contributed by atoms with Crippen LogP contribution in [0.5, 0.6) is 5.75 Å². The summed E-state index contributed by atoms with van der Waals surface area (Å²) in [5.41, 5.74) is 0.443. The van der Waals surface area contributed by atoms with Crippen molar-refractivity contribution in [2.24, 2.45) is 0 Å². The Morgan fingerprint density at radius 1 is 1.18 bits per heavy atom. The number of aromatic nitrogens is 1. The lowest BCUT2D eigenvalue weighted by Gasteiger charge is -2.32. The third-order valence-corrected chi connectivity index (χ3v) is 4.79. The van der Waals surface area contributed by atoms with Crippen molar-refractivity contribution in [2.75, 3.05) is 20.2 Å². The van der Waals surface area contributed by atoms with Crippen molar-refractivity contribution in [3.63, 3.8) is 0 Å². The Balaban J connectivity index is 1.61. The van der Waals surface area contributed by atoms with Crippen molar-refractivity contribution in [1.29, 1.82) is 0 Å².